The first kappa shape index (κ1) is 16.5. The Kier molecular flexibility index (Phi) is 4.26. The summed E-state index contributed by atoms with van der Waals surface area (Å²) in [5, 5.41) is 8.50. The monoisotopic (exact) mass is 347 g/mol. The lowest BCUT2D eigenvalue weighted by molar-refractivity contribution is 0.314. The van der Waals surface area contributed by atoms with E-state index in [0.717, 1.165) is 52.4 Å². The van der Waals surface area contributed by atoms with E-state index in [1.54, 1.807) is 0 Å². The van der Waals surface area contributed by atoms with Crippen molar-refractivity contribution < 1.29 is 4.52 Å². The molecular weight excluding hydrogens is 326 g/mol. The first-order valence-corrected chi connectivity index (χ1v) is 8.60. The van der Waals surface area contributed by atoms with Gasteiger partial charge in [-0.25, -0.2) is 9.50 Å². The molecule has 0 radical (unpaired) electrons. The molecule has 0 saturated carbocycles. The standard InChI is InChI=1S/C20H21N5O/c1-14-19(15(2)26-23-14)13-24(3)11-16-9-21-20-18(10-22-25(20)12-16)17-7-5-4-6-8-17/h4-10,12H,11,13H2,1-3H3. The van der Waals surface area contributed by atoms with E-state index in [4.69, 9.17) is 4.52 Å². The molecule has 4 rings (SSSR count). The summed E-state index contributed by atoms with van der Waals surface area (Å²) in [4.78, 5) is 6.86. The van der Waals surface area contributed by atoms with Gasteiger partial charge in [-0.2, -0.15) is 5.10 Å². The van der Waals surface area contributed by atoms with Crippen molar-refractivity contribution in [2.75, 3.05) is 7.05 Å². The van der Waals surface area contributed by atoms with Crippen LogP contribution in [0, 0.1) is 13.8 Å². The third kappa shape index (κ3) is 3.11. The number of benzene rings is 1. The molecule has 0 unspecified atom stereocenters. The lowest BCUT2D eigenvalue weighted by atomic mass is 10.1. The highest BCUT2D eigenvalue weighted by atomic mass is 16.5. The summed E-state index contributed by atoms with van der Waals surface area (Å²) in [6.45, 7) is 5.48. The second kappa shape index (κ2) is 6.72. The number of hydrogen-bond donors (Lipinski definition) is 0. The molecule has 1 aromatic carbocycles. The van der Waals surface area contributed by atoms with E-state index in [2.05, 4.69) is 39.3 Å². The molecule has 0 spiro atoms. The van der Waals surface area contributed by atoms with Crippen molar-refractivity contribution in [3.63, 3.8) is 0 Å². The molecule has 3 aromatic heterocycles. The summed E-state index contributed by atoms with van der Waals surface area (Å²) in [5.41, 5.74) is 6.23. The number of fused-ring (bicyclic) bond motifs is 1. The zero-order valence-corrected chi connectivity index (χ0v) is 15.2. The van der Waals surface area contributed by atoms with E-state index in [1.807, 2.05) is 55.2 Å². The van der Waals surface area contributed by atoms with Gasteiger partial charge in [0.1, 0.15) is 5.76 Å². The van der Waals surface area contributed by atoms with Gasteiger partial charge < -0.3 is 4.52 Å². The molecular formula is C20H21N5O. The maximum absolute atomic E-state index is 5.25. The number of rotatable bonds is 5. The van der Waals surface area contributed by atoms with E-state index in [-0.39, 0.29) is 0 Å². The van der Waals surface area contributed by atoms with Crippen LogP contribution in [0.2, 0.25) is 0 Å². The summed E-state index contributed by atoms with van der Waals surface area (Å²) in [5.74, 6) is 0.877. The van der Waals surface area contributed by atoms with E-state index in [9.17, 15) is 0 Å². The molecule has 6 heteroatoms. The van der Waals surface area contributed by atoms with Gasteiger partial charge in [-0.15, -0.1) is 0 Å². The number of nitrogens with zero attached hydrogens (tertiary/aromatic N) is 5. The molecule has 0 bridgehead atoms. The van der Waals surface area contributed by atoms with Crippen molar-refractivity contribution in [1.29, 1.82) is 0 Å². The highest BCUT2D eigenvalue weighted by Crippen LogP contribution is 2.23. The fraction of sp³-hybridized carbons (Fsp3) is 0.250. The van der Waals surface area contributed by atoms with Crippen LogP contribution in [0.15, 0.2) is 53.4 Å². The zero-order chi connectivity index (χ0) is 18.1. The SMILES string of the molecule is Cc1noc(C)c1CN(C)Cc1cnc2c(-c3ccccc3)cnn2c1. The molecule has 0 saturated heterocycles. The molecule has 0 aliphatic rings. The minimum Gasteiger partial charge on any atom is -0.361 e. The fourth-order valence-electron chi connectivity index (χ4n) is 3.18. The number of aryl methyl sites for hydroxylation is 2. The van der Waals surface area contributed by atoms with Crippen LogP contribution in [0.25, 0.3) is 16.8 Å². The van der Waals surface area contributed by atoms with Crippen molar-refractivity contribution in [2.24, 2.45) is 0 Å². The first-order valence-electron chi connectivity index (χ1n) is 8.60. The fourth-order valence-corrected chi connectivity index (χ4v) is 3.18. The van der Waals surface area contributed by atoms with Gasteiger partial charge in [-0.05, 0) is 26.5 Å². The van der Waals surface area contributed by atoms with E-state index in [1.165, 1.54) is 0 Å². The smallest absolute Gasteiger partial charge is 0.162 e. The Hall–Kier alpha value is -2.99. The van der Waals surface area contributed by atoms with Crippen LogP contribution in [-0.2, 0) is 13.1 Å². The highest BCUT2D eigenvalue weighted by Gasteiger charge is 2.13. The largest absolute Gasteiger partial charge is 0.361 e. The number of aromatic nitrogens is 4. The van der Waals surface area contributed by atoms with Gasteiger partial charge >= 0.3 is 0 Å². The second-order valence-electron chi connectivity index (χ2n) is 6.63. The van der Waals surface area contributed by atoms with Crippen LogP contribution in [0.4, 0.5) is 0 Å². The Morgan fingerprint density at radius 3 is 2.62 bits per heavy atom. The van der Waals surface area contributed by atoms with Crippen LogP contribution in [-0.4, -0.2) is 31.7 Å². The average molecular weight is 347 g/mol. The molecule has 0 atom stereocenters. The van der Waals surface area contributed by atoms with Crippen molar-refractivity contribution in [3.05, 3.63) is 71.5 Å². The molecule has 132 valence electrons. The minimum atomic E-state index is 0.771. The van der Waals surface area contributed by atoms with Gasteiger partial charge in [0.25, 0.3) is 0 Å². The predicted molar refractivity (Wildman–Crippen MR) is 99.6 cm³/mol. The average Bonchev–Trinajstić information content (AvgIpc) is 3.20. The van der Waals surface area contributed by atoms with E-state index >= 15 is 0 Å². The van der Waals surface area contributed by atoms with Crippen LogP contribution < -0.4 is 0 Å². The molecule has 26 heavy (non-hydrogen) atoms. The van der Waals surface area contributed by atoms with Crippen LogP contribution >= 0.6 is 0 Å². The van der Waals surface area contributed by atoms with Crippen LogP contribution in [0.5, 0.6) is 0 Å². The molecule has 0 aliphatic heterocycles. The Balaban J connectivity index is 1.55. The first-order chi connectivity index (χ1) is 12.6. The van der Waals surface area contributed by atoms with Crippen molar-refractivity contribution in [3.8, 4) is 11.1 Å². The topological polar surface area (TPSA) is 59.5 Å². The normalized spacial score (nSPS) is 11.5. The van der Waals surface area contributed by atoms with Crippen LogP contribution in [0.1, 0.15) is 22.6 Å². The molecule has 0 fully saturated rings. The maximum Gasteiger partial charge on any atom is 0.162 e. The summed E-state index contributed by atoms with van der Waals surface area (Å²) in [6, 6.07) is 10.2. The number of hydrogen-bond acceptors (Lipinski definition) is 5. The molecule has 0 N–H and O–H groups in total. The Labute approximate surface area is 152 Å². The van der Waals surface area contributed by atoms with Gasteiger partial charge in [0, 0.05) is 42.2 Å². The van der Waals surface area contributed by atoms with Gasteiger partial charge in [0.05, 0.1) is 11.9 Å². The van der Waals surface area contributed by atoms with E-state index in [0.29, 0.717) is 0 Å². The van der Waals surface area contributed by atoms with Crippen LogP contribution in [0.3, 0.4) is 0 Å². The summed E-state index contributed by atoms with van der Waals surface area (Å²) in [7, 11) is 2.08. The van der Waals surface area contributed by atoms with Gasteiger partial charge in [0.15, 0.2) is 5.65 Å². The summed E-state index contributed by atoms with van der Waals surface area (Å²) in [6.07, 6.45) is 5.83. The summed E-state index contributed by atoms with van der Waals surface area (Å²) >= 11 is 0. The molecule has 0 amide bonds. The maximum atomic E-state index is 5.25. The van der Waals surface area contributed by atoms with Gasteiger partial charge in [-0.3, -0.25) is 4.90 Å². The second-order valence-corrected chi connectivity index (χ2v) is 6.63. The summed E-state index contributed by atoms with van der Waals surface area (Å²) < 4.78 is 7.09. The van der Waals surface area contributed by atoms with Gasteiger partial charge in [-0.1, -0.05) is 35.5 Å². The minimum absolute atomic E-state index is 0.771. The predicted octanol–water partition coefficient (Wildman–Crippen LogP) is 3.63. The van der Waals surface area contributed by atoms with Crippen molar-refractivity contribution in [1.82, 2.24) is 24.7 Å². The Bertz CT molecular complexity index is 1020. The Morgan fingerprint density at radius 1 is 1.08 bits per heavy atom. The van der Waals surface area contributed by atoms with Gasteiger partial charge in [0.2, 0.25) is 0 Å². The van der Waals surface area contributed by atoms with Crippen molar-refractivity contribution in [2.45, 2.75) is 26.9 Å². The quantitative estimate of drug-likeness (QED) is 0.552. The lowest BCUT2D eigenvalue weighted by Gasteiger charge is -2.16. The molecule has 3 heterocycles. The lowest BCUT2D eigenvalue weighted by Crippen LogP contribution is -2.18. The third-order valence-electron chi connectivity index (χ3n) is 4.56. The highest BCUT2D eigenvalue weighted by molar-refractivity contribution is 5.76. The Morgan fingerprint density at radius 2 is 1.88 bits per heavy atom. The van der Waals surface area contributed by atoms with Crippen molar-refractivity contribution >= 4 is 5.65 Å². The molecule has 0 aliphatic carbocycles. The zero-order valence-electron chi connectivity index (χ0n) is 15.2. The molecule has 4 aromatic rings. The van der Waals surface area contributed by atoms with E-state index < -0.39 is 0 Å². The third-order valence-corrected chi connectivity index (χ3v) is 4.56. The molecule has 6 nitrogen and oxygen atoms in total.